The second-order valence-electron chi connectivity index (χ2n) is 6.55. The Labute approximate surface area is 148 Å². The number of carbonyl (C=O) groups excluding carboxylic acids is 1. The largest absolute Gasteiger partial charge is 0.496 e. The summed E-state index contributed by atoms with van der Waals surface area (Å²) in [6.07, 6.45) is 2.00. The lowest BCUT2D eigenvalue weighted by Gasteiger charge is -2.37. The van der Waals surface area contributed by atoms with Gasteiger partial charge in [0.25, 0.3) is 0 Å². The lowest BCUT2D eigenvalue weighted by molar-refractivity contribution is 0.0293. The first-order valence-electron chi connectivity index (χ1n) is 8.76. The highest BCUT2D eigenvalue weighted by Crippen LogP contribution is 2.28. The molecule has 0 bridgehead atoms. The molecule has 0 aromatic heterocycles. The Hall–Kier alpha value is -2.27. The van der Waals surface area contributed by atoms with Gasteiger partial charge in [-0.3, -0.25) is 0 Å². The number of hydrogen-bond donors (Lipinski definition) is 1. The summed E-state index contributed by atoms with van der Waals surface area (Å²) in [5, 5.41) is 5.31. The second-order valence-corrected chi connectivity index (χ2v) is 6.55. The molecule has 1 aliphatic heterocycles. The maximum absolute atomic E-state index is 12.6. The summed E-state index contributed by atoms with van der Waals surface area (Å²) in [7, 11) is 3.40. The van der Waals surface area contributed by atoms with E-state index in [1.54, 1.807) is 14.2 Å². The number of urea groups is 1. The van der Waals surface area contributed by atoms with Crippen LogP contribution in [0.2, 0.25) is 0 Å². The number of amides is 2. The minimum absolute atomic E-state index is 0.0305. The molecule has 25 heavy (non-hydrogen) atoms. The fourth-order valence-corrected chi connectivity index (χ4v) is 3.60. The fourth-order valence-electron chi connectivity index (χ4n) is 3.60. The van der Waals surface area contributed by atoms with E-state index < -0.39 is 0 Å². The molecule has 5 heteroatoms. The highest BCUT2D eigenvalue weighted by Gasteiger charge is 2.28. The molecule has 2 atom stereocenters. The number of hydrogen-bond acceptors (Lipinski definition) is 3. The molecule has 0 aliphatic carbocycles. The summed E-state index contributed by atoms with van der Waals surface area (Å²) in [5.74, 6) is 0.796. The second kappa shape index (κ2) is 7.74. The van der Waals surface area contributed by atoms with Crippen LogP contribution in [0.15, 0.2) is 36.4 Å². The summed E-state index contributed by atoms with van der Waals surface area (Å²) >= 11 is 0. The minimum atomic E-state index is -0.0305. The van der Waals surface area contributed by atoms with Gasteiger partial charge < -0.3 is 19.7 Å². The molecule has 1 aliphatic rings. The maximum Gasteiger partial charge on any atom is 0.317 e. The lowest BCUT2D eigenvalue weighted by atomic mass is 10.0. The number of methoxy groups -OCH3 is 2. The van der Waals surface area contributed by atoms with Gasteiger partial charge in [0.2, 0.25) is 0 Å². The van der Waals surface area contributed by atoms with Crippen molar-refractivity contribution in [3.05, 3.63) is 42.0 Å². The molecule has 2 aromatic rings. The first-order chi connectivity index (χ1) is 12.1. The Morgan fingerprint density at radius 2 is 2.04 bits per heavy atom. The average molecular weight is 342 g/mol. The van der Waals surface area contributed by atoms with Crippen molar-refractivity contribution in [2.75, 3.05) is 20.8 Å². The molecule has 2 aromatic carbocycles. The zero-order chi connectivity index (χ0) is 17.8. The van der Waals surface area contributed by atoms with Crippen molar-refractivity contribution >= 4 is 16.8 Å². The van der Waals surface area contributed by atoms with Crippen molar-refractivity contribution in [2.24, 2.45) is 0 Å². The maximum atomic E-state index is 12.6. The third-order valence-electron chi connectivity index (χ3n) is 5.06. The molecule has 1 heterocycles. The van der Waals surface area contributed by atoms with Crippen LogP contribution in [-0.2, 0) is 11.3 Å². The Bertz CT molecular complexity index is 747. The molecular formula is C20H26N2O3. The number of rotatable bonds is 4. The summed E-state index contributed by atoms with van der Waals surface area (Å²) in [4.78, 5) is 14.5. The smallest absolute Gasteiger partial charge is 0.317 e. The number of nitrogens with zero attached hydrogens (tertiary/aromatic N) is 1. The minimum Gasteiger partial charge on any atom is -0.496 e. The molecule has 1 fully saturated rings. The molecule has 134 valence electrons. The third kappa shape index (κ3) is 3.71. The molecule has 0 saturated carbocycles. The van der Waals surface area contributed by atoms with E-state index in [0.717, 1.165) is 41.5 Å². The van der Waals surface area contributed by atoms with Gasteiger partial charge in [0, 0.05) is 31.8 Å². The van der Waals surface area contributed by atoms with Gasteiger partial charge in [-0.1, -0.05) is 30.3 Å². The monoisotopic (exact) mass is 342 g/mol. The molecule has 0 spiro atoms. The Kier molecular flexibility index (Phi) is 5.43. The van der Waals surface area contributed by atoms with Gasteiger partial charge in [0.15, 0.2) is 0 Å². The van der Waals surface area contributed by atoms with E-state index in [9.17, 15) is 4.79 Å². The highest BCUT2D eigenvalue weighted by atomic mass is 16.5. The third-order valence-corrected chi connectivity index (χ3v) is 5.06. The van der Waals surface area contributed by atoms with Crippen molar-refractivity contribution in [3.8, 4) is 5.75 Å². The standard InChI is InChI=1S/C20H26N2O3/c1-14-12-16(24-2)10-11-22(14)20(23)21-13-18-17-7-5-4-6-15(17)8-9-19(18)25-3/h4-9,14,16H,10-13H2,1-3H3,(H,21,23). The van der Waals surface area contributed by atoms with Gasteiger partial charge in [0.05, 0.1) is 13.2 Å². The molecule has 1 N–H and O–H groups in total. The van der Waals surface area contributed by atoms with Crippen LogP contribution in [0.1, 0.15) is 25.3 Å². The SMILES string of the molecule is COc1ccc2ccccc2c1CNC(=O)N1CCC(OC)CC1C. The average Bonchev–Trinajstić information content (AvgIpc) is 2.65. The number of carbonyl (C=O) groups is 1. The van der Waals surface area contributed by atoms with Crippen LogP contribution in [0.5, 0.6) is 5.75 Å². The molecule has 3 rings (SSSR count). The number of benzene rings is 2. The first kappa shape index (κ1) is 17.5. The number of piperidine rings is 1. The molecule has 2 unspecified atom stereocenters. The predicted molar refractivity (Wildman–Crippen MR) is 98.9 cm³/mol. The molecular weight excluding hydrogens is 316 g/mol. The van der Waals surface area contributed by atoms with E-state index in [4.69, 9.17) is 9.47 Å². The zero-order valence-corrected chi connectivity index (χ0v) is 15.1. The van der Waals surface area contributed by atoms with Crippen molar-refractivity contribution in [1.82, 2.24) is 10.2 Å². The summed E-state index contributed by atoms with van der Waals surface area (Å²) in [6.45, 7) is 3.24. The van der Waals surface area contributed by atoms with Crippen LogP contribution in [0.25, 0.3) is 10.8 Å². The van der Waals surface area contributed by atoms with E-state index in [-0.39, 0.29) is 18.2 Å². The first-order valence-corrected chi connectivity index (χ1v) is 8.76. The predicted octanol–water partition coefficient (Wildman–Crippen LogP) is 3.56. The molecule has 2 amide bonds. The fraction of sp³-hybridized carbons (Fsp3) is 0.450. The van der Waals surface area contributed by atoms with E-state index in [0.29, 0.717) is 6.54 Å². The summed E-state index contributed by atoms with van der Waals surface area (Å²) < 4.78 is 10.9. The van der Waals surface area contributed by atoms with Gasteiger partial charge in [-0.25, -0.2) is 4.79 Å². The number of likely N-dealkylation sites (tertiary alicyclic amines) is 1. The van der Waals surface area contributed by atoms with Crippen LogP contribution in [0.3, 0.4) is 0 Å². The normalized spacial score (nSPS) is 20.5. The Morgan fingerprint density at radius 1 is 1.24 bits per heavy atom. The number of nitrogens with one attached hydrogen (secondary N) is 1. The van der Waals surface area contributed by atoms with Crippen LogP contribution in [0.4, 0.5) is 4.79 Å². The van der Waals surface area contributed by atoms with E-state index in [1.807, 2.05) is 29.2 Å². The van der Waals surface area contributed by atoms with Gasteiger partial charge in [0.1, 0.15) is 5.75 Å². The quantitative estimate of drug-likeness (QED) is 0.924. The van der Waals surface area contributed by atoms with Gasteiger partial charge in [-0.05, 0) is 36.6 Å². The van der Waals surface area contributed by atoms with Crippen LogP contribution in [0, 0.1) is 0 Å². The molecule has 0 radical (unpaired) electrons. The van der Waals surface area contributed by atoms with E-state index in [2.05, 4.69) is 24.4 Å². The summed E-state index contributed by atoms with van der Waals surface area (Å²) in [5.41, 5.74) is 1.01. The van der Waals surface area contributed by atoms with Crippen LogP contribution >= 0.6 is 0 Å². The highest BCUT2D eigenvalue weighted by molar-refractivity contribution is 5.88. The van der Waals surface area contributed by atoms with Crippen molar-refractivity contribution in [2.45, 2.75) is 38.5 Å². The zero-order valence-electron chi connectivity index (χ0n) is 15.1. The Balaban J connectivity index is 1.73. The van der Waals surface area contributed by atoms with Crippen molar-refractivity contribution < 1.29 is 14.3 Å². The van der Waals surface area contributed by atoms with E-state index in [1.165, 1.54) is 0 Å². The van der Waals surface area contributed by atoms with Gasteiger partial charge in [-0.2, -0.15) is 0 Å². The summed E-state index contributed by atoms with van der Waals surface area (Å²) in [6, 6.07) is 12.3. The number of ether oxygens (including phenoxy) is 2. The number of fused-ring (bicyclic) bond motifs is 1. The van der Waals surface area contributed by atoms with Crippen LogP contribution in [-0.4, -0.2) is 43.8 Å². The van der Waals surface area contributed by atoms with Crippen molar-refractivity contribution in [3.63, 3.8) is 0 Å². The van der Waals surface area contributed by atoms with Crippen molar-refractivity contribution in [1.29, 1.82) is 0 Å². The van der Waals surface area contributed by atoms with E-state index >= 15 is 0 Å². The molecule has 1 saturated heterocycles. The topological polar surface area (TPSA) is 50.8 Å². The molecule has 5 nitrogen and oxygen atoms in total. The van der Waals surface area contributed by atoms with Gasteiger partial charge in [-0.15, -0.1) is 0 Å². The Morgan fingerprint density at radius 3 is 2.76 bits per heavy atom. The van der Waals surface area contributed by atoms with Gasteiger partial charge >= 0.3 is 6.03 Å². The lowest BCUT2D eigenvalue weighted by Crippen LogP contribution is -2.50. The van der Waals surface area contributed by atoms with Crippen LogP contribution < -0.4 is 10.1 Å².